The van der Waals surface area contributed by atoms with Gasteiger partial charge in [-0.2, -0.15) is 0 Å². The molecule has 1 unspecified atom stereocenters. The molecule has 0 spiro atoms. The Hall–Kier alpha value is -2.47. The van der Waals surface area contributed by atoms with E-state index in [1.165, 1.54) is 0 Å². The molecular formula is C18H21N5O. The predicted molar refractivity (Wildman–Crippen MR) is 92.6 cm³/mol. The minimum atomic E-state index is 0.0280. The lowest BCUT2D eigenvalue weighted by Gasteiger charge is -2.24. The fraction of sp³-hybridized carbons (Fsp3) is 0.389. The van der Waals surface area contributed by atoms with Gasteiger partial charge in [0, 0.05) is 26.8 Å². The van der Waals surface area contributed by atoms with E-state index in [1.807, 2.05) is 55.5 Å². The van der Waals surface area contributed by atoms with Crippen molar-refractivity contribution in [3.05, 3.63) is 58.7 Å². The van der Waals surface area contributed by atoms with Crippen molar-refractivity contribution in [1.29, 1.82) is 0 Å². The number of nitrogens with zero attached hydrogens (tertiary/aromatic N) is 5. The first-order valence-electron chi connectivity index (χ1n) is 8.30. The van der Waals surface area contributed by atoms with Crippen molar-refractivity contribution in [3.8, 4) is 0 Å². The minimum Gasteiger partial charge on any atom is -0.340 e. The van der Waals surface area contributed by atoms with Crippen LogP contribution in [0.25, 0.3) is 10.9 Å². The van der Waals surface area contributed by atoms with Gasteiger partial charge in [-0.1, -0.05) is 12.1 Å². The summed E-state index contributed by atoms with van der Waals surface area (Å²) in [7, 11) is 3.81. The number of rotatable bonds is 3. The summed E-state index contributed by atoms with van der Waals surface area (Å²) in [6, 6.07) is 7.73. The first-order valence-corrected chi connectivity index (χ1v) is 8.30. The third-order valence-electron chi connectivity index (χ3n) is 4.80. The number of hydrogen-bond donors (Lipinski definition) is 0. The van der Waals surface area contributed by atoms with Crippen LogP contribution in [0.5, 0.6) is 0 Å². The molecular weight excluding hydrogens is 302 g/mol. The Bertz CT molecular complexity index is 942. The van der Waals surface area contributed by atoms with Crippen LogP contribution in [0.4, 0.5) is 0 Å². The molecule has 2 aromatic heterocycles. The van der Waals surface area contributed by atoms with E-state index in [4.69, 9.17) is 4.98 Å². The zero-order valence-electron chi connectivity index (χ0n) is 14.0. The van der Waals surface area contributed by atoms with Gasteiger partial charge in [0.25, 0.3) is 5.56 Å². The summed E-state index contributed by atoms with van der Waals surface area (Å²) in [5.74, 6) is 0.854. The van der Waals surface area contributed by atoms with E-state index in [0.717, 1.165) is 43.0 Å². The molecule has 0 saturated carbocycles. The maximum absolute atomic E-state index is 12.7. The molecule has 0 radical (unpaired) electrons. The fourth-order valence-electron chi connectivity index (χ4n) is 3.60. The zero-order chi connectivity index (χ0) is 16.7. The molecule has 1 aromatic carbocycles. The molecule has 0 aliphatic carbocycles. The average Bonchev–Trinajstić information content (AvgIpc) is 3.20. The Morgan fingerprint density at radius 2 is 2.08 bits per heavy atom. The maximum atomic E-state index is 12.7. The number of aryl methyl sites for hydroxylation is 1. The molecule has 0 amide bonds. The number of para-hydroxylation sites is 1. The Morgan fingerprint density at radius 3 is 2.88 bits per heavy atom. The lowest BCUT2D eigenvalue weighted by atomic mass is 10.1. The number of fused-ring (bicyclic) bond motifs is 1. The monoisotopic (exact) mass is 323 g/mol. The number of hydrogen-bond acceptors (Lipinski definition) is 4. The third-order valence-corrected chi connectivity index (χ3v) is 4.80. The molecule has 0 bridgehead atoms. The number of benzene rings is 1. The molecule has 124 valence electrons. The summed E-state index contributed by atoms with van der Waals surface area (Å²) in [5, 5.41) is 0.679. The van der Waals surface area contributed by atoms with E-state index < -0.39 is 0 Å². The smallest absolute Gasteiger partial charge is 0.261 e. The SMILES string of the molecule is Cn1cnc(CN2CCCC2c2nc3ccccc3c(=O)n2C)c1. The van der Waals surface area contributed by atoms with Crippen LogP contribution < -0.4 is 5.56 Å². The molecule has 3 heterocycles. The average molecular weight is 323 g/mol. The summed E-state index contributed by atoms with van der Waals surface area (Å²) in [6.45, 7) is 1.79. The largest absolute Gasteiger partial charge is 0.340 e. The topological polar surface area (TPSA) is 56.0 Å². The predicted octanol–water partition coefficient (Wildman–Crippen LogP) is 2.00. The lowest BCUT2D eigenvalue weighted by molar-refractivity contribution is 0.232. The second-order valence-corrected chi connectivity index (χ2v) is 6.51. The summed E-state index contributed by atoms with van der Waals surface area (Å²) < 4.78 is 3.67. The van der Waals surface area contributed by atoms with Crippen molar-refractivity contribution >= 4 is 10.9 Å². The van der Waals surface area contributed by atoms with E-state index in [1.54, 1.807) is 4.57 Å². The van der Waals surface area contributed by atoms with Crippen LogP contribution in [-0.4, -0.2) is 30.5 Å². The zero-order valence-corrected chi connectivity index (χ0v) is 14.0. The third kappa shape index (κ3) is 2.53. The molecule has 0 N–H and O–H groups in total. The van der Waals surface area contributed by atoms with Gasteiger partial charge >= 0.3 is 0 Å². The van der Waals surface area contributed by atoms with Crippen LogP contribution in [0, 0.1) is 0 Å². The molecule has 1 fully saturated rings. The summed E-state index contributed by atoms with van der Waals surface area (Å²) in [6.07, 6.45) is 6.00. The number of imidazole rings is 1. The maximum Gasteiger partial charge on any atom is 0.261 e. The molecule has 6 heteroatoms. The van der Waals surface area contributed by atoms with Gasteiger partial charge in [0.2, 0.25) is 0 Å². The van der Waals surface area contributed by atoms with E-state index in [2.05, 4.69) is 9.88 Å². The van der Waals surface area contributed by atoms with Gasteiger partial charge in [-0.15, -0.1) is 0 Å². The van der Waals surface area contributed by atoms with Crippen molar-refractivity contribution in [1.82, 2.24) is 24.0 Å². The molecule has 1 aliphatic heterocycles. The molecule has 24 heavy (non-hydrogen) atoms. The van der Waals surface area contributed by atoms with Gasteiger partial charge in [-0.05, 0) is 31.5 Å². The Kier molecular flexibility index (Phi) is 3.69. The summed E-state index contributed by atoms with van der Waals surface area (Å²) in [5.41, 5.74) is 1.86. The van der Waals surface area contributed by atoms with Gasteiger partial charge in [-0.3, -0.25) is 14.3 Å². The van der Waals surface area contributed by atoms with Gasteiger partial charge < -0.3 is 4.57 Å². The highest BCUT2D eigenvalue weighted by Gasteiger charge is 2.30. The highest BCUT2D eigenvalue weighted by Crippen LogP contribution is 2.31. The van der Waals surface area contributed by atoms with Crippen molar-refractivity contribution < 1.29 is 0 Å². The first kappa shape index (κ1) is 15.1. The molecule has 4 rings (SSSR count). The van der Waals surface area contributed by atoms with Gasteiger partial charge in [0.15, 0.2) is 0 Å². The van der Waals surface area contributed by atoms with Crippen LogP contribution in [0.2, 0.25) is 0 Å². The first-order chi connectivity index (χ1) is 11.6. The van der Waals surface area contributed by atoms with Crippen LogP contribution in [0.3, 0.4) is 0 Å². The standard InChI is InChI=1S/C18H21N5O/c1-21-10-13(19-12-21)11-23-9-5-8-16(23)17-20-15-7-4-3-6-14(15)18(24)22(17)2/h3-4,6-7,10,12,16H,5,8-9,11H2,1-2H3. The van der Waals surface area contributed by atoms with Crippen molar-refractivity contribution in [3.63, 3.8) is 0 Å². The van der Waals surface area contributed by atoms with E-state index in [-0.39, 0.29) is 11.6 Å². The second-order valence-electron chi connectivity index (χ2n) is 6.51. The second kappa shape index (κ2) is 5.87. The number of aromatic nitrogens is 4. The quantitative estimate of drug-likeness (QED) is 0.740. The van der Waals surface area contributed by atoms with Gasteiger partial charge in [0.1, 0.15) is 5.82 Å². The molecule has 3 aromatic rings. The van der Waals surface area contributed by atoms with Crippen molar-refractivity contribution in [2.45, 2.75) is 25.4 Å². The van der Waals surface area contributed by atoms with Crippen molar-refractivity contribution in [2.75, 3.05) is 6.54 Å². The highest BCUT2D eigenvalue weighted by molar-refractivity contribution is 5.77. The Morgan fingerprint density at radius 1 is 1.25 bits per heavy atom. The highest BCUT2D eigenvalue weighted by atomic mass is 16.1. The van der Waals surface area contributed by atoms with Crippen LogP contribution in [0.15, 0.2) is 41.6 Å². The fourth-order valence-corrected chi connectivity index (χ4v) is 3.60. The molecule has 1 aliphatic rings. The Labute approximate surface area is 140 Å². The van der Waals surface area contributed by atoms with E-state index in [0.29, 0.717) is 5.39 Å². The van der Waals surface area contributed by atoms with Gasteiger partial charge in [0.05, 0.1) is 29.0 Å². The van der Waals surface area contributed by atoms with Crippen LogP contribution in [-0.2, 0) is 20.6 Å². The molecule has 1 atom stereocenters. The van der Waals surface area contributed by atoms with E-state index >= 15 is 0 Å². The normalized spacial score (nSPS) is 18.5. The lowest BCUT2D eigenvalue weighted by Crippen LogP contribution is -2.30. The molecule has 6 nitrogen and oxygen atoms in total. The van der Waals surface area contributed by atoms with E-state index in [9.17, 15) is 4.79 Å². The van der Waals surface area contributed by atoms with Gasteiger partial charge in [-0.25, -0.2) is 9.97 Å². The summed E-state index contributed by atoms with van der Waals surface area (Å²) in [4.78, 5) is 24.3. The summed E-state index contributed by atoms with van der Waals surface area (Å²) >= 11 is 0. The van der Waals surface area contributed by atoms with Crippen LogP contribution >= 0.6 is 0 Å². The minimum absolute atomic E-state index is 0.0280. The molecule has 1 saturated heterocycles. The Balaban J connectivity index is 1.73. The number of likely N-dealkylation sites (tertiary alicyclic amines) is 1. The van der Waals surface area contributed by atoms with Crippen molar-refractivity contribution in [2.24, 2.45) is 14.1 Å². The van der Waals surface area contributed by atoms with Crippen LogP contribution in [0.1, 0.15) is 30.4 Å².